The number of rotatable bonds is 3. The minimum absolute atomic E-state index is 0.104. The van der Waals surface area contributed by atoms with Crippen LogP contribution in [0.3, 0.4) is 0 Å². The molecular weight excluding hydrogens is 224 g/mol. The van der Waals surface area contributed by atoms with E-state index in [9.17, 15) is 13.5 Å². The maximum atomic E-state index is 11.0. The molecule has 0 aliphatic carbocycles. The molecule has 1 N–H and O–H groups in total. The molecule has 1 rings (SSSR count). The third kappa shape index (κ3) is 2.55. The third-order valence-electron chi connectivity index (χ3n) is 2.61. The third-order valence-corrected chi connectivity index (χ3v) is 3.29. The van der Waals surface area contributed by atoms with E-state index < -0.39 is 10.7 Å². The average molecular weight is 242 g/mol. The number of thiol groups is 1. The quantitative estimate of drug-likeness (QED) is 0.801. The van der Waals surface area contributed by atoms with Crippen molar-refractivity contribution in [3.63, 3.8) is 0 Å². The van der Waals surface area contributed by atoms with Crippen LogP contribution in [0.5, 0.6) is 5.75 Å². The van der Waals surface area contributed by atoms with E-state index in [1.54, 1.807) is 12.1 Å². The van der Waals surface area contributed by atoms with Crippen molar-refractivity contribution in [3.8, 4) is 5.75 Å². The van der Waals surface area contributed by atoms with Gasteiger partial charge in [0.25, 0.3) is 0 Å². The molecule has 1 aromatic carbocycles. The van der Waals surface area contributed by atoms with E-state index >= 15 is 0 Å². The highest BCUT2D eigenvalue weighted by atomic mass is 32.2. The molecule has 0 spiro atoms. The van der Waals surface area contributed by atoms with Gasteiger partial charge in [0.15, 0.2) is 10.7 Å². The van der Waals surface area contributed by atoms with E-state index in [4.69, 9.17) is 0 Å². The van der Waals surface area contributed by atoms with Crippen LogP contribution in [0.15, 0.2) is 17.0 Å². The van der Waals surface area contributed by atoms with Gasteiger partial charge in [-0.05, 0) is 35.1 Å². The largest absolute Gasteiger partial charge is 0.507 e. The number of aromatic hydroxyl groups is 1. The Morgan fingerprint density at radius 3 is 1.62 bits per heavy atom. The van der Waals surface area contributed by atoms with E-state index in [1.165, 1.54) is 0 Å². The van der Waals surface area contributed by atoms with E-state index in [0.717, 1.165) is 0 Å². The second kappa shape index (κ2) is 4.87. The summed E-state index contributed by atoms with van der Waals surface area (Å²) in [6, 6.07) is 3.11. The van der Waals surface area contributed by atoms with Crippen molar-refractivity contribution >= 4 is 10.7 Å². The Hall–Kier alpha value is -1.03. The van der Waals surface area contributed by atoms with Crippen molar-refractivity contribution in [1.29, 1.82) is 0 Å². The molecule has 1 aromatic rings. The van der Waals surface area contributed by atoms with Gasteiger partial charge in [0.2, 0.25) is 0 Å². The molecule has 0 saturated heterocycles. The van der Waals surface area contributed by atoms with Crippen molar-refractivity contribution in [3.05, 3.63) is 23.3 Å². The van der Waals surface area contributed by atoms with Crippen molar-refractivity contribution in [2.75, 3.05) is 0 Å². The van der Waals surface area contributed by atoms with Gasteiger partial charge < -0.3 is 5.11 Å². The Bertz CT molecular complexity index is 422. The van der Waals surface area contributed by atoms with Gasteiger partial charge in [-0.25, -0.2) is 8.42 Å². The normalized spacial score (nSPS) is 11.7. The monoisotopic (exact) mass is 242 g/mol. The van der Waals surface area contributed by atoms with Crippen LogP contribution in [0.1, 0.15) is 50.7 Å². The topological polar surface area (TPSA) is 54.4 Å². The van der Waals surface area contributed by atoms with E-state index in [0.29, 0.717) is 11.1 Å². The van der Waals surface area contributed by atoms with Gasteiger partial charge in [0.05, 0.1) is 4.90 Å². The lowest BCUT2D eigenvalue weighted by atomic mass is 9.94. The second-order valence-corrected chi connectivity index (χ2v) is 5.57. The van der Waals surface area contributed by atoms with Gasteiger partial charge in [-0.1, -0.05) is 27.7 Å². The Kier molecular flexibility index (Phi) is 3.97. The highest BCUT2D eigenvalue weighted by Gasteiger charge is 2.15. The van der Waals surface area contributed by atoms with Gasteiger partial charge in [0, 0.05) is 0 Å². The molecular formula is C12H18O3S. The second-order valence-electron chi connectivity index (χ2n) is 4.54. The van der Waals surface area contributed by atoms with E-state index in [2.05, 4.69) is 0 Å². The zero-order valence-corrected chi connectivity index (χ0v) is 10.9. The molecule has 0 aliphatic heterocycles. The highest BCUT2D eigenvalue weighted by Crippen LogP contribution is 2.34. The van der Waals surface area contributed by atoms with Crippen molar-refractivity contribution in [2.24, 2.45) is 0 Å². The van der Waals surface area contributed by atoms with Crippen LogP contribution in [0.25, 0.3) is 0 Å². The summed E-state index contributed by atoms with van der Waals surface area (Å²) in [7, 11) is -2.60. The first-order valence-corrected chi connectivity index (χ1v) is 6.53. The van der Waals surface area contributed by atoms with Crippen molar-refractivity contribution in [2.45, 2.75) is 44.4 Å². The summed E-state index contributed by atoms with van der Waals surface area (Å²) < 4.78 is 22.0. The first-order valence-electron chi connectivity index (χ1n) is 5.35. The predicted molar refractivity (Wildman–Crippen MR) is 64.9 cm³/mol. The summed E-state index contributed by atoms with van der Waals surface area (Å²) in [5, 5.41) is 10.0. The number of hydrogen-bond donors (Lipinski definition) is 2. The average Bonchev–Trinajstić information content (AvgIpc) is 2.16. The fourth-order valence-electron chi connectivity index (χ4n) is 1.65. The van der Waals surface area contributed by atoms with E-state index in [-0.39, 0.29) is 22.5 Å². The van der Waals surface area contributed by atoms with Gasteiger partial charge in [-0.3, -0.25) is 0 Å². The van der Waals surface area contributed by atoms with Crippen molar-refractivity contribution in [1.82, 2.24) is 0 Å². The van der Waals surface area contributed by atoms with Crippen LogP contribution in [0, 0.1) is 0 Å². The molecule has 4 heteroatoms. The summed E-state index contributed by atoms with van der Waals surface area (Å²) in [5.74, 6) is 0.436. The van der Waals surface area contributed by atoms with E-state index in [1.807, 2.05) is 27.7 Å². The zero-order chi connectivity index (χ0) is 12.5. The fraction of sp³-hybridized carbons (Fsp3) is 0.500. The Balaban J connectivity index is 3.51. The molecule has 90 valence electrons. The summed E-state index contributed by atoms with van der Waals surface area (Å²) in [5.41, 5.74) is 1.39. The molecule has 0 atom stereocenters. The zero-order valence-electron chi connectivity index (χ0n) is 10.0. The summed E-state index contributed by atoms with van der Waals surface area (Å²) in [4.78, 5) is 0.278. The minimum atomic E-state index is -2.60. The van der Waals surface area contributed by atoms with Crippen LogP contribution in [0.2, 0.25) is 0 Å². The number of phenolic OH excluding ortho intramolecular Hbond substituents is 1. The fourth-order valence-corrected chi connectivity index (χ4v) is 2.14. The van der Waals surface area contributed by atoms with Gasteiger partial charge in [0.1, 0.15) is 5.75 Å². The summed E-state index contributed by atoms with van der Waals surface area (Å²) in [6.07, 6.45) is 0. The Morgan fingerprint density at radius 2 is 1.38 bits per heavy atom. The standard InChI is InChI=1S/C12H18O3S/c1-7(2)10-5-9(16(14)15)6-11(8(3)4)12(10)13/h5-8,13,16H,1-4H3. The molecule has 0 unspecified atom stereocenters. The summed E-state index contributed by atoms with van der Waals surface area (Å²) in [6.45, 7) is 7.73. The molecule has 0 amide bonds. The molecule has 3 nitrogen and oxygen atoms in total. The molecule has 16 heavy (non-hydrogen) atoms. The smallest absolute Gasteiger partial charge is 0.168 e. The van der Waals surface area contributed by atoms with Crippen LogP contribution < -0.4 is 0 Å². The van der Waals surface area contributed by atoms with Crippen LogP contribution >= 0.6 is 0 Å². The Labute approximate surface area is 98.1 Å². The summed E-state index contributed by atoms with van der Waals surface area (Å²) >= 11 is 0. The van der Waals surface area contributed by atoms with Crippen LogP contribution in [-0.2, 0) is 10.7 Å². The maximum absolute atomic E-state index is 11.0. The lowest BCUT2D eigenvalue weighted by Crippen LogP contribution is -1.98. The van der Waals surface area contributed by atoms with Gasteiger partial charge in [-0.2, -0.15) is 0 Å². The molecule has 0 heterocycles. The number of hydrogen-bond acceptors (Lipinski definition) is 3. The first kappa shape index (κ1) is 13.0. The minimum Gasteiger partial charge on any atom is -0.507 e. The first-order chi connectivity index (χ1) is 7.34. The van der Waals surface area contributed by atoms with Gasteiger partial charge >= 0.3 is 0 Å². The predicted octanol–water partition coefficient (Wildman–Crippen LogP) is 2.61. The molecule has 0 aliphatic rings. The highest BCUT2D eigenvalue weighted by molar-refractivity contribution is 7.72. The van der Waals surface area contributed by atoms with Crippen LogP contribution in [-0.4, -0.2) is 13.5 Å². The lowest BCUT2D eigenvalue weighted by molar-refractivity contribution is 0.453. The van der Waals surface area contributed by atoms with Crippen molar-refractivity contribution < 1.29 is 13.5 Å². The Morgan fingerprint density at radius 1 is 1.00 bits per heavy atom. The van der Waals surface area contributed by atoms with Gasteiger partial charge in [-0.15, -0.1) is 0 Å². The number of phenols is 1. The maximum Gasteiger partial charge on any atom is 0.168 e. The molecule has 0 bridgehead atoms. The number of benzene rings is 1. The molecule has 0 fully saturated rings. The van der Waals surface area contributed by atoms with Crippen LogP contribution in [0.4, 0.5) is 0 Å². The molecule has 0 saturated carbocycles. The lowest BCUT2D eigenvalue weighted by Gasteiger charge is -2.15. The molecule has 0 aromatic heterocycles. The SMILES string of the molecule is CC(C)c1cc([SH](=O)=O)cc(C(C)C)c1O. The molecule has 0 radical (unpaired) electrons.